The predicted octanol–water partition coefficient (Wildman–Crippen LogP) is 4.08. The van der Waals surface area contributed by atoms with Crippen molar-refractivity contribution in [3.63, 3.8) is 0 Å². The molecule has 3 heterocycles. The summed E-state index contributed by atoms with van der Waals surface area (Å²) in [5.74, 6) is 0.582. The highest BCUT2D eigenvalue weighted by atomic mass is 32.2. The van der Waals surface area contributed by atoms with E-state index in [2.05, 4.69) is 20.2 Å². The molecule has 4 rings (SSSR count). The third kappa shape index (κ3) is 3.04. The first-order valence-corrected chi connectivity index (χ1v) is 9.53. The first-order valence-electron chi connectivity index (χ1n) is 7.73. The minimum absolute atomic E-state index is 0.118. The fourth-order valence-corrected chi connectivity index (χ4v) is 4.19. The molecule has 0 aliphatic heterocycles. The van der Waals surface area contributed by atoms with E-state index in [0.29, 0.717) is 17.0 Å². The number of hydrogen-bond acceptors (Lipinski definition) is 7. The molecule has 4 aromatic rings. The minimum Gasteiger partial charge on any atom is -0.411 e. The molecule has 0 fully saturated rings. The number of halogens is 1. The normalized spacial score (nSPS) is 11.3. The summed E-state index contributed by atoms with van der Waals surface area (Å²) in [6.45, 7) is 3.89. The predicted molar refractivity (Wildman–Crippen MR) is 99.0 cm³/mol. The minimum atomic E-state index is -0.424. The molecule has 0 unspecified atom stereocenters. The van der Waals surface area contributed by atoms with E-state index in [-0.39, 0.29) is 22.2 Å². The Bertz CT molecular complexity index is 1170. The van der Waals surface area contributed by atoms with E-state index in [0.717, 1.165) is 15.3 Å². The molecule has 132 valence electrons. The van der Waals surface area contributed by atoms with E-state index in [9.17, 15) is 9.18 Å². The van der Waals surface area contributed by atoms with Crippen molar-refractivity contribution in [2.24, 2.45) is 0 Å². The first kappa shape index (κ1) is 16.9. The van der Waals surface area contributed by atoms with Gasteiger partial charge in [0.05, 0.1) is 16.7 Å². The van der Waals surface area contributed by atoms with Crippen molar-refractivity contribution >= 4 is 33.3 Å². The third-order valence-corrected chi connectivity index (χ3v) is 5.86. The van der Waals surface area contributed by atoms with Gasteiger partial charge in [0, 0.05) is 4.88 Å². The maximum absolute atomic E-state index is 13.8. The zero-order chi connectivity index (χ0) is 18.3. The zero-order valence-corrected chi connectivity index (χ0v) is 15.5. The van der Waals surface area contributed by atoms with Gasteiger partial charge in [0.2, 0.25) is 0 Å². The molecule has 1 N–H and O–H groups in total. The van der Waals surface area contributed by atoms with E-state index < -0.39 is 5.82 Å². The second kappa shape index (κ2) is 6.65. The van der Waals surface area contributed by atoms with Gasteiger partial charge in [-0.05, 0) is 31.5 Å². The summed E-state index contributed by atoms with van der Waals surface area (Å²) in [7, 11) is 0. The van der Waals surface area contributed by atoms with Crippen molar-refractivity contribution in [1.29, 1.82) is 0 Å². The molecule has 0 amide bonds. The lowest BCUT2D eigenvalue weighted by molar-refractivity contribution is 0.462. The van der Waals surface area contributed by atoms with Crippen LogP contribution in [0, 0.1) is 19.7 Å². The summed E-state index contributed by atoms with van der Waals surface area (Å²) < 4.78 is 19.3. The fraction of sp³-hybridized carbons (Fsp3) is 0.176. The van der Waals surface area contributed by atoms with E-state index >= 15 is 0 Å². The molecule has 6 nitrogen and oxygen atoms in total. The Hall–Kier alpha value is -2.52. The van der Waals surface area contributed by atoms with Crippen LogP contribution < -0.4 is 5.56 Å². The summed E-state index contributed by atoms with van der Waals surface area (Å²) >= 11 is 2.73. The number of thioether (sulfide) groups is 1. The van der Waals surface area contributed by atoms with Gasteiger partial charge in [-0.3, -0.25) is 4.79 Å². The second-order valence-electron chi connectivity index (χ2n) is 5.62. The topological polar surface area (TPSA) is 84.7 Å². The number of rotatable bonds is 4. The van der Waals surface area contributed by atoms with Crippen LogP contribution in [-0.2, 0) is 5.75 Å². The molecule has 3 aromatic heterocycles. The summed E-state index contributed by atoms with van der Waals surface area (Å²) in [4.78, 5) is 21.4. The Morgan fingerprint density at radius 2 is 2.08 bits per heavy atom. The molecule has 0 saturated heterocycles. The van der Waals surface area contributed by atoms with Crippen molar-refractivity contribution in [2.45, 2.75) is 24.8 Å². The van der Waals surface area contributed by atoms with Gasteiger partial charge in [0.25, 0.3) is 16.7 Å². The molecule has 0 aliphatic carbocycles. The fourth-order valence-electron chi connectivity index (χ4n) is 2.51. The molecule has 0 bridgehead atoms. The Morgan fingerprint density at radius 1 is 1.27 bits per heavy atom. The quantitative estimate of drug-likeness (QED) is 0.530. The van der Waals surface area contributed by atoms with Gasteiger partial charge < -0.3 is 9.40 Å². The van der Waals surface area contributed by atoms with Crippen molar-refractivity contribution in [3.8, 4) is 11.5 Å². The van der Waals surface area contributed by atoms with Crippen molar-refractivity contribution in [2.75, 3.05) is 0 Å². The SMILES string of the molecule is Cc1sc2nc(CSc3nnc(-c4ccccc4F)o3)[nH]c(=O)c2c1C. The Labute approximate surface area is 155 Å². The molecule has 9 heteroatoms. The van der Waals surface area contributed by atoms with Crippen molar-refractivity contribution in [1.82, 2.24) is 20.2 Å². The third-order valence-electron chi connectivity index (χ3n) is 3.93. The molecule has 1 aromatic carbocycles. The lowest BCUT2D eigenvalue weighted by Gasteiger charge is -1.99. The molecular weight excluding hydrogens is 375 g/mol. The van der Waals surface area contributed by atoms with Crippen LogP contribution in [0.4, 0.5) is 4.39 Å². The molecule has 0 saturated carbocycles. The standard InChI is InChI=1S/C17H13FN4O2S2/c1-8-9(2)26-16-13(8)14(23)19-12(20-16)7-25-17-22-21-15(24-17)10-5-3-4-6-11(10)18/h3-6H,7H2,1-2H3,(H,19,20,23). The van der Waals surface area contributed by atoms with Crippen molar-refractivity contribution in [3.05, 3.63) is 56.7 Å². The summed E-state index contributed by atoms with van der Waals surface area (Å²) in [5, 5.41) is 8.71. The van der Waals surface area contributed by atoms with E-state index in [1.165, 1.54) is 29.2 Å². The zero-order valence-electron chi connectivity index (χ0n) is 13.9. The van der Waals surface area contributed by atoms with Gasteiger partial charge in [-0.1, -0.05) is 23.9 Å². The number of aromatic nitrogens is 4. The molecular formula is C17H13FN4O2S2. The summed E-state index contributed by atoms with van der Waals surface area (Å²) in [6.07, 6.45) is 0. The van der Waals surface area contributed by atoms with Gasteiger partial charge in [-0.2, -0.15) is 0 Å². The average Bonchev–Trinajstić information content (AvgIpc) is 3.19. The van der Waals surface area contributed by atoms with Gasteiger partial charge in [0.1, 0.15) is 16.5 Å². The van der Waals surface area contributed by atoms with E-state index in [4.69, 9.17) is 4.42 Å². The molecule has 0 atom stereocenters. The van der Waals surface area contributed by atoms with E-state index in [1.54, 1.807) is 18.2 Å². The number of nitrogens with one attached hydrogen (secondary N) is 1. The van der Waals surface area contributed by atoms with Crippen LogP contribution in [0.5, 0.6) is 0 Å². The van der Waals surface area contributed by atoms with Gasteiger partial charge in [0.15, 0.2) is 0 Å². The number of benzene rings is 1. The smallest absolute Gasteiger partial charge is 0.277 e. The molecule has 0 radical (unpaired) electrons. The number of thiophene rings is 1. The molecule has 0 spiro atoms. The van der Waals surface area contributed by atoms with Gasteiger partial charge >= 0.3 is 0 Å². The van der Waals surface area contributed by atoms with E-state index in [1.807, 2.05) is 13.8 Å². The lowest BCUT2D eigenvalue weighted by Crippen LogP contribution is -2.10. The molecule has 0 aliphatic rings. The number of aromatic amines is 1. The van der Waals surface area contributed by atoms with Crippen LogP contribution in [0.15, 0.2) is 38.7 Å². The lowest BCUT2D eigenvalue weighted by atomic mass is 10.2. The monoisotopic (exact) mass is 388 g/mol. The maximum atomic E-state index is 13.8. The highest BCUT2D eigenvalue weighted by Gasteiger charge is 2.15. The summed E-state index contributed by atoms with van der Waals surface area (Å²) in [5.41, 5.74) is 1.07. The number of hydrogen-bond donors (Lipinski definition) is 1. The second-order valence-corrected chi connectivity index (χ2v) is 7.75. The Morgan fingerprint density at radius 3 is 2.88 bits per heavy atom. The van der Waals surface area contributed by atoms with Crippen LogP contribution in [-0.4, -0.2) is 20.2 Å². The first-order chi connectivity index (χ1) is 12.5. The number of H-pyrrole nitrogens is 1. The van der Waals surface area contributed by atoms with Crippen LogP contribution in [0.3, 0.4) is 0 Å². The highest BCUT2D eigenvalue weighted by molar-refractivity contribution is 7.98. The number of aryl methyl sites for hydroxylation is 2. The van der Waals surface area contributed by atoms with Crippen molar-refractivity contribution < 1.29 is 8.81 Å². The van der Waals surface area contributed by atoms with Crippen LogP contribution >= 0.6 is 23.1 Å². The Kier molecular flexibility index (Phi) is 4.33. The number of nitrogens with zero attached hydrogens (tertiary/aromatic N) is 3. The van der Waals surface area contributed by atoms with Gasteiger partial charge in [-0.15, -0.1) is 21.5 Å². The van der Waals surface area contributed by atoms with Gasteiger partial charge in [-0.25, -0.2) is 9.37 Å². The number of fused-ring (bicyclic) bond motifs is 1. The average molecular weight is 388 g/mol. The van der Waals surface area contributed by atoms with Crippen LogP contribution in [0.25, 0.3) is 21.7 Å². The molecule has 26 heavy (non-hydrogen) atoms. The van der Waals surface area contributed by atoms with Crippen LogP contribution in [0.1, 0.15) is 16.3 Å². The summed E-state index contributed by atoms with van der Waals surface area (Å²) in [6, 6.07) is 6.20. The van der Waals surface area contributed by atoms with Crippen LogP contribution in [0.2, 0.25) is 0 Å². The largest absolute Gasteiger partial charge is 0.411 e. The highest BCUT2D eigenvalue weighted by Crippen LogP contribution is 2.28. The Balaban J connectivity index is 1.56. The maximum Gasteiger partial charge on any atom is 0.277 e.